The summed E-state index contributed by atoms with van der Waals surface area (Å²) in [6.07, 6.45) is 7.45. The Hall–Kier alpha value is -3.64. The molecule has 1 amide bonds. The number of allylic oxidation sites excluding steroid dienone is 1. The number of rotatable bonds is 13. The van der Waals surface area contributed by atoms with Crippen molar-refractivity contribution in [1.82, 2.24) is 15.0 Å². The fraction of sp³-hybridized carbons (Fsp3) is 0.500. The zero-order chi connectivity index (χ0) is 26.3. The number of hydrogen-bond donors (Lipinski definition) is 2. The van der Waals surface area contributed by atoms with Crippen LogP contribution >= 0.6 is 0 Å². The van der Waals surface area contributed by atoms with Crippen molar-refractivity contribution in [3.63, 3.8) is 0 Å². The summed E-state index contributed by atoms with van der Waals surface area (Å²) < 4.78 is 6.28. The van der Waals surface area contributed by atoms with Crippen molar-refractivity contribution in [3.8, 4) is 0 Å². The molecule has 194 valence electrons. The molecule has 0 saturated heterocycles. The number of fused-ring (bicyclic) bond motifs is 1. The van der Waals surface area contributed by atoms with Crippen LogP contribution in [0.1, 0.15) is 43.9 Å². The lowest BCUT2D eigenvalue weighted by Crippen LogP contribution is -2.44. The van der Waals surface area contributed by atoms with Crippen LogP contribution in [0.2, 0.25) is 0 Å². The van der Waals surface area contributed by atoms with Crippen molar-refractivity contribution in [1.29, 1.82) is 0 Å². The maximum absolute atomic E-state index is 13.4. The summed E-state index contributed by atoms with van der Waals surface area (Å²) in [5.41, 5.74) is -0.886. The van der Waals surface area contributed by atoms with Gasteiger partial charge in [-0.15, -0.1) is 5.10 Å². The Bertz CT molecular complexity index is 1130. The minimum absolute atomic E-state index is 0.00927. The van der Waals surface area contributed by atoms with Crippen molar-refractivity contribution in [3.05, 3.63) is 57.9 Å². The first-order valence-electron chi connectivity index (χ1n) is 11.8. The van der Waals surface area contributed by atoms with Gasteiger partial charge in [0, 0.05) is 62.3 Å². The third-order valence-electron chi connectivity index (χ3n) is 6.27. The quantitative estimate of drug-likeness (QED) is 0.137. The van der Waals surface area contributed by atoms with Gasteiger partial charge in [-0.1, -0.05) is 24.3 Å². The van der Waals surface area contributed by atoms with Gasteiger partial charge in [-0.2, -0.15) is 0 Å². The summed E-state index contributed by atoms with van der Waals surface area (Å²) >= 11 is 0. The van der Waals surface area contributed by atoms with Crippen molar-refractivity contribution < 1.29 is 29.5 Å². The second kappa shape index (κ2) is 11.9. The van der Waals surface area contributed by atoms with Crippen LogP contribution in [0.3, 0.4) is 0 Å². The summed E-state index contributed by atoms with van der Waals surface area (Å²) in [5, 5.41) is 39.9. The van der Waals surface area contributed by atoms with E-state index in [9.17, 15) is 24.8 Å². The van der Waals surface area contributed by atoms with Crippen LogP contribution in [0.25, 0.3) is 0 Å². The zero-order valence-electron chi connectivity index (χ0n) is 20.4. The number of aliphatic hydroxyl groups excluding tert-OH is 1. The van der Waals surface area contributed by atoms with Crippen molar-refractivity contribution in [2.24, 2.45) is 5.92 Å². The highest BCUT2D eigenvalue weighted by Gasteiger charge is 2.52. The fourth-order valence-corrected chi connectivity index (χ4v) is 4.24. The van der Waals surface area contributed by atoms with Crippen molar-refractivity contribution in [2.75, 3.05) is 25.2 Å². The molecule has 2 heterocycles. The lowest BCUT2D eigenvalue weighted by Gasteiger charge is -2.27. The molecule has 1 aromatic heterocycles. The molecule has 3 rings (SSSR count). The molecule has 0 spiro atoms. The minimum Gasteiger partial charge on any atom is -0.469 e. The first kappa shape index (κ1) is 27.0. The number of benzene rings is 1. The standard InChI is InChI=1S/C24H31N5O7/c1-17(7-3-5-12-27-16-18(11-14-30)25-26-27)24(33)20-15-19(29(34)35)9-10-21(20)28(23(24)32)13-6-4-8-22(31)36-2/h3,7,9-10,15-17,30,33H,4-6,8,11-14H2,1-2H3/b7-3+/t17-,24+/m0/s1. The van der Waals surface area contributed by atoms with Gasteiger partial charge < -0.3 is 19.8 Å². The molecule has 12 heteroatoms. The lowest BCUT2D eigenvalue weighted by molar-refractivity contribution is -0.385. The van der Waals surface area contributed by atoms with Gasteiger partial charge in [-0.3, -0.25) is 24.4 Å². The van der Waals surface area contributed by atoms with Crippen LogP contribution < -0.4 is 4.90 Å². The number of anilines is 1. The number of aliphatic hydroxyl groups is 2. The number of esters is 1. The summed E-state index contributed by atoms with van der Waals surface area (Å²) in [5.74, 6) is -1.57. The third-order valence-corrected chi connectivity index (χ3v) is 6.27. The maximum Gasteiger partial charge on any atom is 0.305 e. The van der Waals surface area contributed by atoms with Crippen LogP contribution in [0.4, 0.5) is 11.4 Å². The van der Waals surface area contributed by atoms with E-state index in [0.29, 0.717) is 43.6 Å². The Balaban J connectivity index is 1.75. The van der Waals surface area contributed by atoms with Crippen LogP contribution in [0.5, 0.6) is 0 Å². The highest BCUT2D eigenvalue weighted by Crippen LogP contribution is 2.46. The van der Waals surface area contributed by atoms with Gasteiger partial charge in [0.15, 0.2) is 5.60 Å². The van der Waals surface area contributed by atoms with E-state index in [4.69, 9.17) is 5.11 Å². The zero-order valence-corrected chi connectivity index (χ0v) is 20.4. The highest BCUT2D eigenvalue weighted by atomic mass is 16.6. The molecule has 0 fully saturated rings. The summed E-state index contributed by atoms with van der Waals surface area (Å²) in [6, 6.07) is 4.04. The normalized spacial score (nSPS) is 18.0. The number of amides is 1. The molecule has 0 radical (unpaired) electrons. The highest BCUT2D eigenvalue weighted by molar-refractivity contribution is 6.07. The SMILES string of the molecule is COC(=O)CCCCN1C(=O)[C@@](O)([C@@H](C)/C=C/CCn2cc(CCO)nn2)c2cc([N+](=O)[O-])ccc21. The van der Waals surface area contributed by atoms with E-state index in [1.54, 1.807) is 23.9 Å². The van der Waals surface area contributed by atoms with Gasteiger partial charge in [-0.05, 0) is 25.3 Å². The molecule has 12 nitrogen and oxygen atoms in total. The second-order valence-corrected chi connectivity index (χ2v) is 8.67. The number of aromatic nitrogens is 3. The third kappa shape index (κ3) is 5.77. The Morgan fingerprint density at radius 2 is 2.11 bits per heavy atom. The largest absolute Gasteiger partial charge is 0.469 e. The topological polar surface area (TPSA) is 161 Å². The van der Waals surface area contributed by atoms with E-state index >= 15 is 0 Å². The number of non-ortho nitro benzene ring substituents is 1. The maximum atomic E-state index is 13.4. The molecular weight excluding hydrogens is 470 g/mol. The van der Waals surface area contributed by atoms with Crippen molar-refractivity contribution in [2.45, 2.75) is 51.2 Å². The molecule has 1 aliphatic heterocycles. The molecule has 0 saturated carbocycles. The monoisotopic (exact) mass is 501 g/mol. The molecular formula is C24H31N5O7. The fourth-order valence-electron chi connectivity index (χ4n) is 4.24. The van der Waals surface area contributed by atoms with Gasteiger partial charge in [-0.25, -0.2) is 0 Å². The smallest absolute Gasteiger partial charge is 0.305 e. The van der Waals surface area contributed by atoms with Crippen LogP contribution in [0.15, 0.2) is 36.5 Å². The van der Waals surface area contributed by atoms with E-state index < -0.39 is 22.3 Å². The number of carbonyl (C=O) groups is 2. The Morgan fingerprint density at radius 1 is 1.33 bits per heavy atom. The van der Waals surface area contributed by atoms with Gasteiger partial charge >= 0.3 is 5.97 Å². The molecule has 2 aromatic rings. The summed E-state index contributed by atoms with van der Waals surface area (Å²) in [7, 11) is 1.31. The molecule has 36 heavy (non-hydrogen) atoms. The number of nitrogens with zero attached hydrogens (tertiary/aromatic N) is 5. The van der Waals surface area contributed by atoms with Crippen LogP contribution in [0, 0.1) is 16.0 Å². The molecule has 0 aliphatic carbocycles. The molecule has 1 aliphatic rings. The number of aryl methyl sites for hydroxylation is 1. The van der Waals surface area contributed by atoms with E-state index in [1.807, 2.05) is 6.08 Å². The Kier molecular flexibility index (Phi) is 8.88. The minimum atomic E-state index is -1.97. The van der Waals surface area contributed by atoms with E-state index in [2.05, 4.69) is 15.0 Å². The number of ether oxygens (including phenoxy) is 1. The Morgan fingerprint density at radius 3 is 2.81 bits per heavy atom. The molecule has 2 atom stereocenters. The van der Waals surface area contributed by atoms with Crippen LogP contribution in [-0.2, 0) is 32.9 Å². The average Bonchev–Trinajstić information content (AvgIpc) is 3.40. The number of nitro groups is 1. The number of methoxy groups -OCH3 is 1. The van der Waals surface area contributed by atoms with Crippen molar-refractivity contribution >= 4 is 23.3 Å². The summed E-state index contributed by atoms with van der Waals surface area (Å²) in [6.45, 7) is 2.45. The lowest BCUT2D eigenvalue weighted by atomic mass is 9.82. The second-order valence-electron chi connectivity index (χ2n) is 8.67. The van der Waals surface area contributed by atoms with Crippen LogP contribution in [-0.4, -0.2) is 62.3 Å². The van der Waals surface area contributed by atoms with Gasteiger partial charge in [0.25, 0.3) is 11.6 Å². The number of nitro benzene ring substituents is 1. The van der Waals surface area contributed by atoms with E-state index in [1.165, 1.54) is 30.2 Å². The van der Waals surface area contributed by atoms with Gasteiger partial charge in [0.05, 0.1) is 23.4 Å². The summed E-state index contributed by atoms with van der Waals surface area (Å²) in [4.78, 5) is 37.1. The Labute approximate surface area is 208 Å². The molecule has 1 aromatic carbocycles. The number of unbranched alkanes of at least 4 members (excludes halogenated alkanes) is 1. The molecule has 2 N–H and O–H groups in total. The number of carbonyl (C=O) groups excluding carboxylic acids is 2. The van der Waals surface area contributed by atoms with E-state index in [0.717, 1.165) is 0 Å². The predicted molar refractivity (Wildman–Crippen MR) is 129 cm³/mol. The first-order valence-corrected chi connectivity index (χ1v) is 11.8. The average molecular weight is 502 g/mol. The molecule has 0 unspecified atom stereocenters. The van der Waals surface area contributed by atoms with Gasteiger partial charge in [0.2, 0.25) is 0 Å². The van der Waals surface area contributed by atoms with E-state index in [-0.39, 0.29) is 36.8 Å². The predicted octanol–water partition coefficient (Wildman–Crippen LogP) is 1.88. The number of hydrogen-bond acceptors (Lipinski definition) is 9. The molecule has 0 bridgehead atoms. The van der Waals surface area contributed by atoms with Gasteiger partial charge in [0.1, 0.15) is 0 Å². The first-order chi connectivity index (χ1) is 17.2.